The van der Waals surface area contributed by atoms with Crippen LogP contribution in [0.5, 0.6) is 11.6 Å². The molecule has 0 spiro atoms. The van der Waals surface area contributed by atoms with Crippen LogP contribution in [0.2, 0.25) is 0 Å². The number of hydrogen-bond donors (Lipinski definition) is 3. The third-order valence-electron chi connectivity index (χ3n) is 12.5. The molecule has 4 heterocycles. The van der Waals surface area contributed by atoms with E-state index < -0.39 is 73.8 Å². The van der Waals surface area contributed by atoms with Gasteiger partial charge in [-0.25, -0.2) is 18.2 Å². The predicted octanol–water partition coefficient (Wildman–Crippen LogP) is 4.58. The quantitative estimate of drug-likeness (QED) is 0.332. The first kappa shape index (κ1) is 41.6. The number of nitrogens with zero attached hydrogens (tertiary/aromatic N) is 3. The molecule has 2 aromatic rings. The Hall–Kier alpha value is -4.60. The van der Waals surface area contributed by atoms with Gasteiger partial charge in [0.1, 0.15) is 35.9 Å². The van der Waals surface area contributed by atoms with Gasteiger partial charge in [0.25, 0.3) is 5.91 Å². The van der Waals surface area contributed by atoms with Gasteiger partial charge in [-0.2, -0.15) is 0 Å². The zero-order chi connectivity index (χ0) is 41.8. The molecule has 3 fully saturated rings. The Labute approximate surface area is 341 Å². The number of pyridine rings is 1. The number of carbonyl (C=O) groups is 4. The molecule has 2 aliphatic carbocycles. The van der Waals surface area contributed by atoms with E-state index in [0.717, 1.165) is 29.8 Å². The van der Waals surface area contributed by atoms with E-state index in [0.29, 0.717) is 50.0 Å². The molecule has 1 aromatic carbocycles. The van der Waals surface area contributed by atoms with E-state index in [4.69, 9.17) is 14.2 Å². The van der Waals surface area contributed by atoms with Crippen molar-refractivity contribution in [1.82, 2.24) is 25.2 Å². The number of amides is 4. The van der Waals surface area contributed by atoms with Crippen molar-refractivity contribution >= 4 is 50.3 Å². The smallest absolute Gasteiger partial charge is 0.408 e. The van der Waals surface area contributed by atoms with Crippen molar-refractivity contribution in [3.8, 4) is 11.6 Å². The Morgan fingerprint density at radius 1 is 1.12 bits per heavy atom. The highest BCUT2D eigenvalue weighted by Gasteiger charge is 2.63. The van der Waals surface area contributed by atoms with Crippen LogP contribution in [0, 0.1) is 17.8 Å². The van der Waals surface area contributed by atoms with E-state index in [-0.39, 0.29) is 31.2 Å². The van der Waals surface area contributed by atoms with Gasteiger partial charge in [-0.3, -0.25) is 19.1 Å². The standard InChI is InChI=1S/C42H58N6O9S/c1-8-26-21-25(2)11-9-10-12-27-23-42(27,38(51)46-58(53,54)41(6)16-17-41)45-35(49)32-22-28(24-48(32)37(50)33(26)44-39(52)57-40(3,4)5)56-36-30-13-14-31-34(29(30)15-18-43-36)55-20-19-47(31)7/h10,12-15,18,25-28,32-33H,8-9,11,16-17,19-24H2,1-7H3,(H,44,52)(H,45,49)(H,46,51)/b12-10-/t25-,26-,27?,28-,32+,33+,42-/m1/s1. The van der Waals surface area contributed by atoms with Crippen LogP contribution in [-0.4, -0.2) is 103 Å². The van der Waals surface area contributed by atoms with Crippen molar-refractivity contribution in [3.05, 3.63) is 36.5 Å². The summed E-state index contributed by atoms with van der Waals surface area (Å²) in [5, 5.41) is 7.32. The Morgan fingerprint density at radius 2 is 1.88 bits per heavy atom. The molecule has 58 heavy (non-hydrogen) atoms. The van der Waals surface area contributed by atoms with Crippen LogP contribution in [-0.2, 0) is 29.1 Å². The predicted molar refractivity (Wildman–Crippen MR) is 218 cm³/mol. The lowest BCUT2D eigenvalue weighted by Gasteiger charge is -2.34. The van der Waals surface area contributed by atoms with Gasteiger partial charge in [0, 0.05) is 36.4 Å². The minimum Gasteiger partial charge on any atom is -0.489 e. The normalized spacial score (nSPS) is 30.3. The highest BCUT2D eigenvalue weighted by molar-refractivity contribution is 7.91. The van der Waals surface area contributed by atoms with Crippen LogP contribution < -0.4 is 29.7 Å². The number of likely N-dealkylation sites (N-methyl/N-ethyl adjacent to an activating group) is 1. The maximum absolute atomic E-state index is 15.0. The summed E-state index contributed by atoms with van der Waals surface area (Å²) in [7, 11) is -2.00. The first-order valence-corrected chi connectivity index (χ1v) is 22.1. The lowest BCUT2D eigenvalue weighted by molar-refractivity contribution is -0.142. The van der Waals surface area contributed by atoms with Gasteiger partial charge < -0.3 is 34.6 Å². The molecular formula is C42H58N6O9S. The molecule has 5 aliphatic rings. The third kappa shape index (κ3) is 8.30. The van der Waals surface area contributed by atoms with E-state index >= 15 is 4.79 Å². The van der Waals surface area contributed by atoms with Crippen molar-refractivity contribution in [2.45, 2.75) is 127 Å². The molecule has 16 heteroatoms. The number of carbonyl (C=O) groups excluding carboxylic acids is 4. The Balaban J connectivity index is 1.24. The average molecular weight is 823 g/mol. The van der Waals surface area contributed by atoms with Crippen molar-refractivity contribution in [2.75, 3.05) is 31.6 Å². The zero-order valence-corrected chi connectivity index (χ0v) is 35.4. The van der Waals surface area contributed by atoms with Crippen LogP contribution in [0.1, 0.15) is 92.9 Å². The van der Waals surface area contributed by atoms with Crippen LogP contribution >= 0.6 is 0 Å². The molecule has 0 bridgehead atoms. The second-order valence-corrected chi connectivity index (χ2v) is 20.4. The largest absolute Gasteiger partial charge is 0.489 e. The van der Waals surface area contributed by atoms with E-state index in [1.165, 1.54) is 4.90 Å². The van der Waals surface area contributed by atoms with E-state index in [2.05, 4.69) is 32.2 Å². The molecule has 4 amide bonds. The van der Waals surface area contributed by atoms with Gasteiger partial charge in [0.15, 0.2) is 5.75 Å². The monoisotopic (exact) mass is 822 g/mol. The summed E-state index contributed by atoms with van der Waals surface area (Å²) in [6.07, 6.45) is 7.79. The SMILES string of the molecule is CC[C@@H]1C[C@H](C)CC/C=C\C2C[C@@]2(C(=O)NS(=O)(=O)C2(C)CC2)NC(=O)[C@@H]2C[C@@H](Oc3nccc4c5c(ccc34)N(C)CCO5)CN2C(=O)[C@H]1NC(=O)OC(C)(C)C. The van der Waals surface area contributed by atoms with Gasteiger partial charge >= 0.3 is 6.09 Å². The summed E-state index contributed by atoms with van der Waals surface area (Å²) < 4.78 is 46.1. The highest BCUT2D eigenvalue weighted by atomic mass is 32.2. The van der Waals surface area contributed by atoms with Crippen LogP contribution in [0.3, 0.4) is 0 Å². The molecule has 3 N–H and O–H groups in total. The van der Waals surface area contributed by atoms with Gasteiger partial charge in [-0.15, -0.1) is 0 Å². The molecule has 1 unspecified atom stereocenters. The fourth-order valence-electron chi connectivity index (χ4n) is 8.55. The summed E-state index contributed by atoms with van der Waals surface area (Å²) in [6.45, 7) is 12.2. The topological polar surface area (TPSA) is 186 Å². The molecular weight excluding hydrogens is 765 g/mol. The van der Waals surface area contributed by atoms with Crippen LogP contribution in [0.25, 0.3) is 10.8 Å². The lowest BCUT2D eigenvalue weighted by atomic mass is 9.85. The number of sulfonamides is 1. The fourth-order valence-corrected chi connectivity index (χ4v) is 9.86. The summed E-state index contributed by atoms with van der Waals surface area (Å²) >= 11 is 0. The minimum absolute atomic E-state index is 0.0209. The summed E-state index contributed by atoms with van der Waals surface area (Å²) in [6, 6.07) is 3.56. The zero-order valence-electron chi connectivity index (χ0n) is 34.6. The molecule has 15 nitrogen and oxygen atoms in total. The molecule has 2 saturated carbocycles. The number of ether oxygens (including phenoxy) is 3. The van der Waals surface area contributed by atoms with Gasteiger partial charge in [0.05, 0.1) is 23.5 Å². The minimum atomic E-state index is -4.01. The fraction of sp³-hybridized carbons (Fsp3) is 0.643. The first-order valence-electron chi connectivity index (χ1n) is 20.6. The summed E-state index contributed by atoms with van der Waals surface area (Å²) in [4.78, 5) is 65.1. The number of nitrogens with one attached hydrogen (secondary N) is 3. The van der Waals surface area contributed by atoms with E-state index in [1.807, 2.05) is 44.3 Å². The molecule has 316 valence electrons. The van der Waals surface area contributed by atoms with Crippen molar-refractivity contribution < 1.29 is 41.8 Å². The number of fused-ring (bicyclic) bond motifs is 5. The molecule has 7 rings (SSSR count). The van der Waals surface area contributed by atoms with Crippen molar-refractivity contribution in [2.24, 2.45) is 17.8 Å². The Bertz CT molecular complexity index is 2100. The molecule has 1 aromatic heterocycles. The molecule has 7 atom stereocenters. The summed E-state index contributed by atoms with van der Waals surface area (Å²) in [5.74, 6) is -1.45. The van der Waals surface area contributed by atoms with Crippen LogP contribution in [0.4, 0.5) is 10.5 Å². The van der Waals surface area contributed by atoms with E-state index in [1.54, 1.807) is 33.9 Å². The Kier molecular flexibility index (Phi) is 11.1. The molecule has 3 aliphatic heterocycles. The van der Waals surface area contributed by atoms with Crippen LogP contribution in [0.15, 0.2) is 36.5 Å². The van der Waals surface area contributed by atoms with Gasteiger partial charge in [-0.05, 0) is 96.3 Å². The number of aromatic nitrogens is 1. The van der Waals surface area contributed by atoms with E-state index in [9.17, 15) is 22.8 Å². The number of hydrogen-bond acceptors (Lipinski definition) is 11. The second kappa shape index (κ2) is 15.5. The number of allylic oxidation sites excluding steroid dienone is 1. The number of alkyl carbamates (subject to hydrolysis) is 1. The average Bonchev–Trinajstić information content (AvgIpc) is 4.04. The second-order valence-electron chi connectivity index (χ2n) is 18.2. The van der Waals surface area contributed by atoms with Gasteiger partial charge in [-0.1, -0.05) is 32.4 Å². The first-order chi connectivity index (χ1) is 27.3. The Morgan fingerprint density at radius 3 is 2.59 bits per heavy atom. The molecule has 0 radical (unpaired) electrons. The van der Waals surface area contributed by atoms with Gasteiger partial charge in [0.2, 0.25) is 27.7 Å². The van der Waals surface area contributed by atoms with Crippen molar-refractivity contribution in [1.29, 1.82) is 0 Å². The molecule has 1 saturated heterocycles. The number of anilines is 1. The maximum Gasteiger partial charge on any atom is 0.408 e. The lowest BCUT2D eigenvalue weighted by Crippen LogP contribution is -2.59. The highest BCUT2D eigenvalue weighted by Crippen LogP contribution is 2.48. The number of rotatable bonds is 7. The summed E-state index contributed by atoms with van der Waals surface area (Å²) in [5.41, 5.74) is -1.41. The van der Waals surface area contributed by atoms with Crippen molar-refractivity contribution in [3.63, 3.8) is 0 Å². The number of benzene rings is 1. The maximum atomic E-state index is 15.0. The third-order valence-corrected chi connectivity index (χ3v) is 14.6.